The van der Waals surface area contributed by atoms with Gasteiger partial charge in [0.2, 0.25) is 0 Å². The van der Waals surface area contributed by atoms with E-state index in [1.807, 2.05) is 32.0 Å². The number of benzene rings is 1. The van der Waals surface area contributed by atoms with Crippen LogP contribution in [0, 0.1) is 5.92 Å². The first-order valence-corrected chi connectivity index (χ1v) is 10.1. The molecule has 0 amide bonds. The lowest BCUT2D eigenvalue weighted by Crippen LogP contribution is -2.46. The first kappa shape index (κ1) is 25.3. The Morgan fingerprint density at radius 3 is 2.48 bits per heavy atom. The second-order valence-corrected chi connectivity index (χ2v) is 6.60. The molecule has 0 atom stereocenters. The first-order valence-electron chi connectivity index (χ1n) is 10.1. The summed E-state index contributed by atoms with van der Waals surface area (Å²) >= 11 is 0. The Morgan fingerprint density at radius 2 is 1.90 bits per heavy atom. The first-order chi connectivity index (χ1) is 13.6. The highest BCUT2D eigenvalue weighted by molar-refractivity contribution is 14.0. The van der Waals surface area contributed by atoms with Gasteiger partial charge in [0.25, 0.3) is 0 Å². The number of halogens is 1. The van der Waals surface area contributed by atoms with Crippen molar-refractivity contribution in [1.29, 1.82) is 0 Å². The van der Waals surface area contributed by atoms with Gasteiger partial charge in [0, 0.05) is 19.6 Å². The molecule has 0 aromatic heterocycles. The lowest BCUT2D eigenvalue weighted by Gasteiger charge is -2.33. The SMILES string of the molecule is CCNC(=NCc1ccc(OCC)c(OC)c1)N1CCC(C(=O)OCC)CC1.I. The lowest BCUT2D eigenvalue weighted by atomic mass is 9.97. The molecule has 29 heavy (non-hydrogen) atoms. The molecule has 8 heteroatoms. The number of nitrogens with one attached hydrogen (secondary N) is 1. The Balaban J connectivity index is 0.00000420. The Kier molecular flexibility index (Phi) is 11.8. The minimum Gasteiger partial charge on any atom is -0.493 e. The van der Waals surface area contributed by atoms with Crippen molar-refractivity contribution in [3.63, 3.8) is 0 Å². The van der Waals surface area contributed by atoms with E-state index in [1.165, 1.54) is 0 Å². The number of carbonyl (C=O) groups excluding carboxylic acids is 1. The van der Waals surface area contributed by atoms with E-state index in [0.717, 1.165) is 55.5 Å². The highest BCUT2D eigenvalue weighted by Crippen LogP contribution is 2.28. The van der Waals surface area contributed by atoms with Crippen molar-refractivity contribution in [3.8, 4) is 11.5 Å². The largest absolute Gasteiger partial charge is 0.493 e. The summed E-state index contributed by atoms with van der Waals surface area (Å²) < 4.78 is 16.1. The second kappa shape index (κ2) is 13.5. The number of nitrogens with zero attached hydrogens (tertiary/aromatic N) is 2. The fraction of sp³-hybridized carbons (Fsp3) is 0.619. The van der Waals surface area contributed by atoms with Crippen molar-refractivity contribution in [1.82, 2.24) is 10.2 Å². The maximum atomic E-state index is 11.9. The Labute approximate surface area is 191 Å². The van der Waals surface area contributed by atoms with Crippen LogP contribution in [0.1, 0.15) is 39.2 Å². The van der Waals surface area contributed by atoms with Crippen molar-refractivity contribution in [3.05, 3.63) is 23.8 Å². The topological polar surface area (TPSA) is 72.4 Å². The number of methoxy groups -OCH3 is 1. The standard InChI is InChI=1S/C21H33N3O4.HI/c1-5-22-21(24-12-10-17(11-13-24)20(25)28-7-3)23-15-16-8-9-18(27-6-2)19(14-16)26-4;/h8-9,14,17H,5-7,10-13,15H2,1-4H3,(H,22,23);1H. The number of ether oxygens (including phenoxy) is 3. The zero-order valence-electron chi connectivity index (χ0n) is 17.9. The van der Waals surface area contributed by atoms with Gasteiger partial charge in [0.05, 0.1) is 32.8 Å². The summed E-state index contributed by atoms with van der Waals surface area (Å²) in [5.74, 6) is 2.25. The molecular formula is C21H34IN3O4. The van der Waals surface area contributed by atoms with Crippen molar-refractivity contribution in [2.45, 2.75) is 40.2 Å². The minimum absolute atomic E-state index is 0. The van der Waals surface area contributed by atoms with Crippen molar-refractivity contribution in [2.75, 3.05) is 40.0 Å². The van der Waals surface area contributed by atoms with Gasteiger partial charge in [0.15, 0.2) is 17.5 Å². The van der Waals surface area contributed by atoms with Gasteiger partial charge >= 0.3 is 5.97 Å². The molecule has 1 aromatic carbocycles. The highest BCUT2D eigenvalue weighted by atomic mass is 127. The van der Waals surface area contributed by atoms with Gasteiger partial charge in [0.1, 0.15) is 0 Å². The second-order valence-electron chi connectivity index (χ2n) is 6.60. The molecule has 0 unspecified atom stereocenters. The van der Waals surface area contributed by atoms with Crippen molar-refractivity contribution >= 4 is 35.9 Å². The van der Waals surface area contributed by atoms with Crippen LogP contribution in [0.3, 0.4) is 0 Å². The summed E-state index contributed by atoms with van der Waals surface area (Å²) in [5.41, 5.74) is 1.05. The van der Waals surface area contributed by atoms with E-state index < -0.39 is 0 Å². The normalized spacial score (nSPS) is 14.8. The molecule has 1 aromatic rings. The zero-order valence-corrected chi connectivity index (χ0v) is 20.2. The number of hydrogen-bond acceptors (Lipinski definition) is 5. The van der Waals surface area contributed by atoms with Gasteiger partial charge in [-0.15, -0.1) is 24.0 Å². The number of carbonyl (C=O) groups is 1. The number of rotatable bonds is 8. The van der Waals surface area contributed by atoms with E-state index >= 15 is 0 Å². The average molecular weight is 519 g/mol. The summed E-state index contributed by atoms with van der Waals surface area (Å²) in [6.07, 6.45) is 1.58. The highest BCUT2D eigenvalue weighted by Gasteiger charge is 2.27. The third kappa shape index (κ3) is 7.56. The van der Waals surface area contributed by atoms with Crippen LogP contribution in [0.15, 0.2) is 23.2 Å². The van der Waals surface area contributed by atoms with Crippen molar-refractivity contribution < 1.29 is 19.0 Å². The summed E-state index contributed by atoms with van der Waals surface area (Å²) in [7, 11) is 1.64. The molecule has 0 spiro atoms. The molecule has 1 aliphatic rings. The molecule has 1 N–H and O–H groups in total. The molecule has 1 fully saturated rings. The number of esters is 1. The van der Waals surface area contributed by atoms with Crippen LogP contribution in [0.4, 0.5) is 0 Å². The van der Waals surface area contributed by atoms with Crippen LogP contribution in [-0.2, 0) is 16.1 Å². The van der Waals surface area contributed by atoms with E-state index in [1.54, 1.807) is 7.11 Å². The fourth-order valence-corrected chi connectivity index (χ4v) is 3.26. The molecule has 0 bridgehead atoms. The van der Waals surface area contributed by atoms with E-state index in [2.05, 4.69) is 17.1 Å². The summed E-state index contributed by atoms with van der Waals surface area (Å²) in [5, 5.41) is 3.36. The Bertz CT molecular complexity index is 661. The fourth-order valence-electron chi connectivity index (χ4n) is 3.26. The number of aliphatic imine (C=N–C) groups is 1. The molecule has 2 rings (SSSR count). The van der Waals surface area contributed by atoms with Gasteiger partial charge in [-0.2, -0.15) is 0 Å². The maximum absolute atomic E-state index is 11.9. The van der Waals surface area contributed by atoms with Crippen LogP contribution in [0.25, 0.3) is 0 Å². The average Bonchev–Trinajstić information content (AvgIpc) is 2.72. The van der Waals surface area contributed by atoms with Gasteiger partial charge in [-0.05, 0) is 51.3 Å². The van der Waals surface area contributed by atoms with Crippen LogP contribution in [-0.4, -0.2) is 56.8 Å². The zero-order chi connectivity index (χ0) is 20.4. The number of guanidine groups is 1. The molecule has 0 saturated carbocycles. The molecule has 0 aliphatic carbocycles. The summed E-state index contributed by atoms with van der Waals surface area (Å²) in [6, 6.07) is 5.89. The van der Waals surface area contributed by atoms with Crippen LogP contribution in [0.2, 0.25) is 0 Å². The number of likely N-dealkylation sites (tertiary alicyclic amines) is 1. The molecule has 1 saturated heterocycles. The number of hydrogen-bond donors (Lipinski definition) is 1. The monoisotopic (exact) mass is 519 g/mol. The molecule has 164 valence electrons. The van der Waals surface area contributed by atoms with Gasteiger partial charge < -0.3 is 24.4 Å². The Morgan fingerprint density at radius 1 is 1.17 bits per heavy atom. The molecule has 0 radical (unpaired) electrons. The van der Waals surface area contributed by atoms with E-state index in [0.29, 0.717) is 19.8 Å². The van der Waals surface area contributed by atoms with Crippen LogP contribution >= 0.6 is 24.0 Å². The quantitative estimate of drug-likeness (QED) is 0.246. The van der Waals surface area contributed by atoms with Crippen LogP contribution in [0.5, 0.6) is 11.5 Å². The van der Waals surface area contributed by atoms with Crippen molar-refractivity contribution in [2.24, 2.45) is 10.9 Å². The maximum Gasteiger partial charge on any atom is 0.309 e. The van der Waals surface area contributed by atoms with Gasteiger partial charge in [-0.3, -0.25) is 4.79 Å². The van der Waals surface area contributed by atoms with E-state index in [-0.39, 0.29) is 35.9 Å². The predicted molar refractivity (Wildman–Crippen MR) is 125 cm³/mol. The molecule has 7 nitrogen and oxygen atoms in total. The smallest absolute Gasteiger partial charge is 0.309 e. The van der Waals surface area contributed by atoms with E-state index in [9.17, 15) is 4.79 Å². The van der Waals surface area contributed by atoms with Gasteiger partial charge in [-0.25, -0.2) is 4.99 Å². The summed E-state index contributed by atoms with van der Waals surface area (Å²) in [6.45, 7) is 9.82. The lowest BCUT2D eigenvalue weighted by molar-refractivity contribution is -0.149. The molecular weight excluding hydrogens is 485 g/mol. The predicted octanol–water partition coefficient (Wildman–Crippen LogP) is 3.45. The van der Waals surface area contributed by atoms with E-state index in [4.69, 9.17) is 19.2 Å². The Hall–Kier alpha value is -1.71. The minimum atomic E-state index is -0.0782. The van der Waals surface area contributed by atoms with Crippen LogP contribution < -0.4 is 14.8 Å². The van der Waals surface area contributed by atoms with Gasteiger partial charge in [-0.1, -0.05) is 6.07 Å². The molecule has 1 heterocycles. The summed E-state index contributed by atoms with van der Waals surface area (Å²) in [4.78, 5) is 18.9. The number of piperidine rings is 1. The molecule has 1 aliphatic heterocycles. The third-order valence-electron chi connectivity index (χ3n) is 4.69. The third-order valence-corrected chi connectivity index (χ3v) is 4.69.